The first kappa shape index (κ1) is 26.2. The van der Waals surface area contributed by atoms with Crippen molar-refractivity contribution in [2.24, 2.45) is 11.5 Å². The molecule has 0 radical (unpaired) electrons. The molecule has 1 aromatic heterocycles. The van der Waals surface area contributed by atoms with Crippen LogP contribution in [-0.2, 0) is 16.0 Å². The van der Waals surface area contributed by atoms with Gasteiger partial charge in [-0.15, -0.1) is 0 Å². The van der Waals surface area contributed by atoms with Crippen LogP contribution in [0.25, 0.3) is 11.3 Å². The second-order valence-electron chi connectivity index (χ2n) is 8.07. The molecule has 2 atom stereocenters. The topological polar surface area (TPSA) is 132 Å². The van der Waals surface area contributed by atoms with E-state index in [9.17, 15) is 9.59 Å². The highest BCUT2D eigenvalue weighted by molar-refractivity contribution is 7.80. The number of carbonyl (C=O) groups excluding carboxylic acids is 2. The summed E-state index contributed by atoms with van der Waals surface area (Å²) in [6, 6.07) is 22.0. The van der Waals surface area contributed by atoms with Crippen LogP contribution in [0.1, 0.15) is 12.0 Å². The maximum Gasteiger partial charge on any atom is 0.264 e. The van der Waals surface area contributed by atoms with Crippen molar-refractivity contribution in [3.63, 3.8) is 0 Å². The molecular weight excluding hydrogens is 462 g/mol. The standard InChI is InChI=1S/C26H31N5O3S/c27-20(17-35)15-29-23-14-13-22(19-9-5-2-6-10-19)30-26(23)34-16-24(32)31-25(33)21(28)12-11-18-7-3-1-4-8-18/h1-10,13-14,20-21,29,35H,11-12,15-17,27-28H2,(H,31,32,33)/t20?,21-/m0/s1. The summed E-state index contributed by atoms with van der Waals surface area (Å²) in [5.74, 6) is -0.407. The summed E-state index contributed by atoms with van der Waals surface area (Å²) in [4.78, 5) is 29.3. The second-order valence-corrected chi connectivity index (χ2v) is 8.44. The van der Waals surface area contributed by atoms with Crippen molar-refractivity contribution in [2.45, 2.75) is 24.9 Å². The zero-order valence-electron chi connectivity index (χ0n) is 19.4. The Kier molecular flexibility index (Phi) is 10.1. The number of anilines is 1. The number of aryl methyl sites for hydroxylation is 1. The predicted octanol–water partition coefficient (Wildman–Crippen LogP) is 2.40. The Morgan fingerprint density at radius 2 is 1.66 bits per heavy atom. The van der Waals surface area contributed by atoms with E-state index in [4.69, 9.17) is 16.2 Å². The first-order valence-electron chi connectivity index (χ1n) is 11.4. The normalized spacial score (nSPS) is 12.4. The summed E-state index contributed by atoms with van der Waals surface area (Å²) >= 11 is 4.20. The predicted molar refractivity (Wildman–Crippen MR) is 141 cm³/mol. The van der Waals surface area contributed by atoms with E-state index in [2.05, 4.69) is 28.2 Å². The molecule has 0 saturated heterocycles. The van der Waals surface area contributed by atoms with Crippen molar-refractivity contribution in [2.75, 3.05) is 24.2 Å². The summed E-state index contributed by atoms with van der Waals surface area (Å²) < 4.78 is 5.70. The van der Waals surface area contributed by atoms with Gasteiger partial charge in [-0.2, -0.15) is 12.6 Å². The van der Waals surface area contributed by atoms with Crippen molar-refractivity contribution in [1.82, 2.24) is 10.3 Å². The first-order chi connectivity index (χ1) is 17.0. The number of nitrogens with two attached hydrogens (primary N) is 2. The van der Waals surface area contributed by atoms with Crippen LogP contribution < -0.4 is 26.8 Å². The Bertz CT molecular complexity index is 1100. The SMILES string of the molecule is NC(CS)CNc1ccc(-c2ccccc2)nc1OCC(=O)NC(=O)[C@@H](N)CCc1ccccc1. The molecule has 2 aromatic carbocycles. The third-order valence-electron chi connectivity index (χ3n) is 5.25. The molecule has 1 heterocycles. The van der Waals surface area contributed by atoms with Gasteiger partial charge in [0.2, 0.25) is 11.8 Å². The summed E-state index contributed by atoms with van der Waals surface area (Å²) in [7, 11) is 0. The number of amides is 2. The smallest absolute Gasteiger partial charge is 0.264 e. The number of thiol groups is 1. The molecule has 2 amide bonds. The van der Waals surface area contributed by atoms with Gasteiger partial charge < -0.3 is 21.5 Å². The molecule has 1 unspecified atom stereocenters. The van der Waals surface area contributed by atoms with E-state index in [0.29, 0.717) is 36.5 Å². The number of nitrogens with one attached hydrogen (secondary N) is 2. The Labute approximate surface area is 210 Å². The van der Waals surface area contributed by atoms with E-state index in [1.165, 1.54) is 0 Å². The van der Waals surface area contributed by atoms with Gasteiger partial charge >= 0.3 is 0 Å². The number of nitrogens with zero attached hydrogens (tertiary/aromatic N) is 1. The lowest BCUT2D eigenvalue weighted by Gasteiger charge is -2.16. The number of hydrogen-bond donors (Lipinski definition) is 5. The van der Waals surface area contributed by atoms with Crippen LogP contribution in [-0.4, -0.2) is 47.8 Å². The Morgan fingerprint density at radius 3 is 2.34 bits per heavy atom. The van der Waals surface area contributed by atoms with Crippen LogP contribution >= 0.6 is 12.6 Å². The molecule has 0 fully saturated rings. The maximum absolute atomic E-state index is 12.4. The van der Waals surface area contributed by atoms with Gasteiger partial charge in [0.05, 0.1) is 17.4 Å². The molecule has 0 saturated carbocycles. The summed E-state index contributed by atoms with van der Waals surface area (Å²) in [6.07, 6.45) is 1.06. The minimum Gasteiger partial charge on any atom is -0.466 e. The van der Waals surface area contributed by atoms with Gasteiger partial charge in [0.1, 0.15) is 0 Å². The van der Waals surface area contributed by atoms with E-state index in [-0.39, 0.29) is 11.9 Å². The van der Waals surface area contributed by atoms with E-state index in [0.717, 1.165) is 11.1 Å². The van der Waals surface area contributed by atoms with Crippen LogP contribution in [0.15, 0.2) is 72.8 Å². The molecule has 9 heteroatoms. The zero-order valence-corrected chi connectivity index (χ0v) is 20.3. The third kappa shape index (κ3) is 8.40. The Hall–Kier alpha value is -3.40. The van der Waals surface area contributed by atoms with Gasteiger partial charge in [-0.1, -0.05) is 60.7 Å². The molecule has 184 valence electrons. The van der Waals surface area contributed by atoms with Crippen molar-refractivity contribution in [3.8, 4) is 17.1 Å². The molecule has 0 aliphatic rings. The quantitative estimate of drug-likeness (QED) is 0.245. The number of benzene rings is 2. The summed E-state index contributed by atoms with van der Waals surface area (Å²) in [5.41, 5.74) is 15.2. The number of pyridine rings is 1. The number of rotatable bonds is 12. The Morgan fingerprint density at radius 1 is 0.971 bits per heavy atom. The highest BCUT2D eigenvalue weighted by Crippen LogP contribution is 2.27. The minimum absolute atomic E-state index is 0.168. The summed E-state index contributed by atoms with van der Waals surface area (Å²) in [6.45, 7) is 0.0584. The summed E-state index contributed by atoms with van der Waals surface area (Å²) in [5, 5.41) is 5.48. The maximum atomic E-state index is 12.4. The van der Waals surface area contributed by atoms with Gasteiger partial charge in [-0.3, -0.25) is 14.9 Å². The Balaban J connectivity index is 1.60. The fraction of sp³-hybridized carbons (Fsp3) is 0.269. The second kappa shape index (κ2) is 13.5. The van der Waals surface area contributed by atoms with Crippen molar-refractivity contribution in [1.29, 1.82) is 0 Å². The number of hydrogen-bond acceptors (Lipinski definition) is 8. The van der Waals surface area contributed by atoms with Gasteiger partial charge in [0.25, 0.3) is 5.91 Å². The molecule has 0 aliphatic carbocycles. The van der Waals surface area contributed by atoms with Crippen LogP contribution in [0, 0.1) is 0 Å². The highest BCUT2D eigenvalue weighted by Gasteiger charge is 2.18. The van der Waals surface area contributed by atoms with Crippen LogP contribution in [0.2, 0.25) is 0 Å². The van der Waals surface area contributed by atoms with E-state index >= 15 is 0 Å². The van der Waals surface area contributed by atoms with Gasteiger partial charge in [0, 0.05) is 23.9 Å². The zero-order chi connectivity index (χ0) is 25.0. The van der Waals surface area contributed by atoms with Crippen molar-refractivity contribution >= 4 is 30.1 Å². The molecular formula is C26H31N5O3S. The highest BCUT2D eigenvalue weighted by atomic mass is 32.1. The monoisotopic (exact) mass is 493 g/mol. The fourth-order valence-electron chi connectivity index (χ4n) is 3.26. The number of ether oxygens (including phenoxy) is 1. The van der Waals surface area contributed by atoms with Crippen LogP contribution in [0.4, 0.5) is 5.69 Å². The molecule has 8 nitrogen and oxygen atoms in total. The molecule has 0 bridgehead atoms. The van der Waals surface area contributed by atoms with E-state index in [1.807, 2.05) is 72.8 Å². The lowest BCUT2D eigenvalue weighted by molar-refractivity contribution is -0.132. The molecule has 0 spiro atoms. The molecule has 0 aliphatic heterocycles. The van der Waals surface area contributed by atoms with Crippen molar-refractivity contribution < 1.29 is 14.3 Å². The molecule has 6 N–H and O–H groups in total. The fourth-order valence-corrected chi connectivity index (χ4v) is 3.39. The minimum atomic E-state index is -0.807. The third-order valence-corrected chi connectivity index (χ3v) is 5.71. The average molecular weight is 494 g/mol. The van der Waals surface area contributed by atoms with Gasteiger partial charge in [0.15, 0.2) is 6.61 Å². The molecule has 3 rings (SSSR count). The lowest BCUT2D eigenvalue weighted by atomic mass is 10.1. The van der Waals surface area contributed by atoms with E-state index in [1.54, 1.807) is 0 Å². The van der Waals surface area contributed by atoms with Gasteiger partial charge in [-0.05, 0) is 30.5 Å². The average Bonchev–Trinajstić information content (AvgIpc) is 2.90. The van der Waals surface area contributed by atoms with Gasteiger partial charge in [-0.25, -0.2) is 4.98 Å². The van der Waals surface area contributed by atoms with Crippen LogP contribution in [0.3, 0.4) is 0 Å². The van der Waals surface area contributed by atoms with Crippen molar-refractivity contribution in [3.05, 3.63) is 78.4 Å². The van der Waals surface area contributed by atoms with Crippen LogP contribution in [0.5, 0.6) is 5.88 Å². The van der Waals surface area contributed by atoms with E-state index < -0.39 is 24.5 Å². The largest absolute Gasteiger partial charge is 0.466 e. The first-order valence-corrected chi connectivity index (χ1v) is 12.0. The number of carbonyl (C=O) groups is 2. The molecule has 35 heavy (non-hydrogen) atoms. The number of imide groups is 1. The lowest BCUT2D eigenvalue weighted by Crippen LogP contribution is -2.45. The number of aromatic nitrogens is 1. The molecule has 3 aromatic rings.